The van der Waals surface area contributed by atoms with E-state index in [1.54, 1.807) is 0 Å². The Balaban J connectivity index is 2.48. The summed E-state index contributed by atoms with van der Waals surface area (Å²) in [7, 11) is 0. The van der Waals surface area contributed by atoms with E-state index >= 15 is 0 Å². The fourth-order valence-corrected chi connectivity index (χ4v) is 2.35. The van der Waals surface area contributed by atoms with E-state index in [9.17, 15) is 22.0 Å². The molecule has 1 aliphatic rings. The van der Waals surface area contributed by atoms with E-state index in [2.05, 4.69) is 5.32 Å². The first-order valence-electron chi connectivity index (χ1n) is 6.32. The maximum atomic E-state index is 13.8. The van der Waals surface area contributed by atoms with Crippen LogP contribution < -0.4 is 10.2 Å². The van der Waals surface area contributed by atoms with Crippen molar-refractivity contribution in [3.8, 4) is 0 Å². The van der Waals surface area contributed by atoms with Crippen LogP contribution in [0.1, 0.15) is 20.3 Å². The van der Waals surface area contributed by atoms with Gasteiger partial charge in [-0.1, -0.05) is 6.92 Å². The molecular weight excluding hydrogens is 279 g/mol. The average molecular weight is 294 g/mol. The Morgan fingerprint density at radius 2 is 1.50 bits per heavy atom. The van der Waals surface area contributed by atoms with Crippen LogP contribution in [0.3, 0.4) is 0 Å². The predicted molar refractivity (Wildman–Crippen MR) is 65.1 cm³/mol. The number of rotatable bonds is 2. The highest BCUT2D eigenvalue weighted by Gasteiger charge is 2.34. The Kier molecular flexibility index (Phi) is 3.90. The molecule has 0 radical (unpaired) electrons. The van der Waals surface area contributed by atoms with Gasteiger partial charge in [0, 0.05) is 25.2 Å². The summed E-state index contributed by atoms with van der Waals surface area (Å²) in [4.78, 5) is 1.20. The first kappa shape index (κ1) is 15.0. The first-order valence-corrected chi connectivity index (χ1v) is 6.32. The van der Waals surface area contributed by atoms with Crippen molar-refractivity contribution >= 4 is 5.69 Å². The summed E-state index contributed by atoms with van der Waals surface area (Å²) in [5.74, 6) is -9.49. The second-order valence-electron chi connectivity index (χ2n) is 5.18. The molecule has 1 N–H and O–H groups in total. The number of nitrogens with one attached hydrogen (secondary N) is 1. The minimum absolute atomic E-state index is 0.169. The monoisotopic (exact) mass is 294 g/mol. The number of anilines is 1. The number of piperazine rings is 1. The summed E-state index contributed by atoms with van der Waals surface area (Å²) >= 11 is 0. The van der Waals surface area contributed by atoms with Crippen molar-refractivity contribution in [2.75, 3.05) is 24.5 Å². The van der Waals surface area contributed by atoms with Gasteiger partial charge in [-0.3, -0.25) is 0 Å². The van der Waals surface area contributed by atoms with Crippen LogP contribution in [0.2, 0.25) is 0 Å². The summed E-state index contributed by atoms with van der Waals surface area (Å²) < 4.78 is 67.0. The van der Waals surface area contributed by atoms with Gasteiger partial charge in [-0.05, 0) is 13.3 Å². The lowest BCUT2D eigenvalue weighted by Gasteiger charge is -2.42. The van der Waals surface area contributed by atoms with Gasteiger partial charge in [0.05, 0.1) is 0 Å². The van der Waals surface area contributed by atoms with Gasteiger partial charge in [-0.2, -0.15) is 0 Å². The number of hydrogen-bond donors (Lipinski definition) is 1. The van der Waals surface area contributed by atoms with Crippen molar-refractivity contribution in [1.29, 1.82) is 0 Å². The molecule has 0 amide bonds. The molecule has 1 aliphatic heterocycles. The van der Waals surface area contributed by atoms with Crippen molar-refractivity contribution < 1.29 is 22.0 Å². The van der Waals surface area contributed by atoms with Crippen molar-refractivity contribution in [2.24, 2.45) is 0 Å². The second-order valence-corrected chi connectivity index (χ2v) is 5.18. The van der Waals surface area contributed by atoms with E-state index in [-0.39, 0.29) is 13.1 Å². The lowest BCUT2D eigenvalue weighted by Crippen LogP contribution is -2.59. The van der Waals surface area contributed by atoms with Crippen molar-refractivity contribution in [2.45, 2.75) is 25.8 Å². The van der Waals surface area contributed by atoms with Crippen molar-refractivity contribution in [3.63, 3.8) is 0 Å². The Hall–Kier alpha value is -1.37. The molecule has 0 saturated carbocycles. The van der Waals surface area contributed by atoms with Gasteiger partial charge >= 0.3 is 0 Å². The van der Waals surface area contributed by atoms with Gasteiger partial charge in [0.2, 0.25) is 5.82 Å². The predicted octanol–water partition coefficient (Wildman–Crippen LogP) is 2.96. The minimum Gasteiger partial charge on any atom is -0.363 e. The number of benzene rings is 1. The molecule has 0 spiro atoms. The van der Waals surface area contributed by atoms with Crippen molar-refractivity contribution in [1.82, 2.24) is 5.32 Å². The van der Waals surface area contributed by atoms with Crippen LogP contribution in [0.15, 0.2) is 0 Å². The molecule has 0 bridgehead atoms. The molecule has 1 aromatic carbocycles. The van der Waals surface area contributed by atoms with E-state index in [0.29, 0.717) is 13.0 Å². The topological polar surface area (TPSA) is 15.3 Å². The third kappa shape index (κ3) is 2.34. The molecule has 1 unspecified atom stereocenters. The normalized spacial score (nSPS) is 23.2. The smallest absolute Gasteiger partial charge is 0.200 e. The highest BCUT2D eigenvalue weighted by Crippen LogP contribution is 2.32. The van der Waals surface area contributed by atoms with Gasteiger partial charge in [0.1, 0.15) is 5.69 Å². The summed E-state index contributed by atoms with van der Waals surface area (Å²) in [6, 6.07) is 0. The van der Waals surface area contributed by atoms with E-state index in [4.69, 9.17) is 0 Å². The molecule has 1 atom stereocenters. The zero-order chi connectivity index (χ0) is 15.1. The third-order valence-corrected chi connectivity index (χ3v) is 3.76. The molecule has 20 heavy (non-hydrogen) atoms. The minimum atomic E-state index is -2.13. The quantitative estimate of drug-likeness (QED) is 0.512. The largest absolute Gasteiger partial charge is 0.363 e. The van der Waals surface area contributed by atoms with Crippen LogP contribution in [0.5, 0.6) is 0 Å². The molecular formula is C13H15F5N2. The van der Waals surface area contributed by atoms with E-state index < -0.39 is 40.3 Å². The van der Waals surface area contributed by atoms with Crippen LogP contribution in [-0.2, 0) is 0 Å². The number of hydrogen-bond acceptors (Lipinski definition) is 2. The van der Waals surface area contributed by atoms with Crippen LogP contribution in [0.25, 0.3) is 0 Å². The standard InChI is InChI=1S/C13H15F5N2/c1-3-13(2)6-20(5-4-19-13)12-10(17)8(15)7(14)9(16)11(12)18/h19H,3-6H2,1-2H3. The molecule has 0 aromatic heterocycles. The van der Waals surface area contributed by atoms with Crippen molar-refractivity contribution in [3.05, 3.63) is 29.1 Å². The summed E-state index contributed by atoms with van der Waals surface area (Å²) in [6.07, 6.45) is 0.666. The number of halogens is 5. The molecule has 1 saturated heterocycles. The maximum Gasteiger partial charge on any atom is 0.200 e. The average Bonchev–Trinajstić information content (AvgIpc) is 2.43. The van der Waals surface area contributed by atoms with Gasteiger partial charge in [0.25, 0.3) is 0 Å². The summed E-state index contributed by atoms with van der Waals surface area (Å²) in [6.45, 7) is 4.47. The molecule has 0 aliphatic carbocycles. The molecule has 2 nitrogen and oxygen atoms in total. The van der Waals surface area contributed by atoms with Crippen LogP contribution in [0, 0.1) is 29.1 Å². The Morgan fingerprint density at radius 3 is 2.00 bits per heavy atom. The Labute approximate surface area is 113 Å². The van der Waals surface area contributed by atoms with Crippen LogP contribution in [0.4, 0.5) is 27.6 Å². The molecule has 2 rings (SSSR count). The van der Waals surface area contributed by atoms with Gasteiger partial charge in [-0.25, -0.2) is 22.0 Å². The van der Waals surface area contributed by atoms with E-state index in [1.165, 1.54) is 4.90 Å². The molecule has 112 valence electrons. The lowest BCUT2D eigenvalue weighted by atomic mass is 9.95. The third-order valence-electron chi connectivity index (χ3n) is 3.76. The molecule has 1 fully saturated rings. The lowest BCUT2D eigenvalue weighted by molar-refractivity contribution is 0.307. The molecule has 1 heterocycles. The fourth-order valence-electron chi connectivity index (χ4n) is 2.35. The first-order chi connectivity index (χ1) is 9.30. The van der Waals surface area contributed by atoms with E-state index in [1.807, 2.05) is 13.8 Å². The molecule has 1 aromatic rings. The Bertz CT molecular complexity index is 505. The second kappa shape index (κ2) is 5.20. The van der Waals surface area contributed by atoms with E-state index in [0.717, 1.165) is 0 Å². The summed E-state index contributed by atoms with van der Waals surface area (Å²) in [5.41, 5.74) is -1.28. The highest BCUT2D eigenvalue weighted by molar-refractivity contribution is 5.51. The van der Waals surface area contributed by atoms with Gasteiger partial charge < -0.3 is 10.2 Å². The number of nitrogens with zero attached hydrogens (tertiary/aromatic N) is 1. The molecule has 7 heteroatoms. The fraction of sp³-hybridized carbons (Fsp3) is 0.538. The van der Waals surface area contributed by atoms with Crippen LogP contribution in [-0.4, -0.2) is 25.2 Å². The SMILES string of the molecule is CCC1(C)CN(c2c(F)c(F)c(F)c(F)c2F)CCN1. The van der Waals surface area contributed by atoms with Crippen LogP contribution >= 0.6 is 0 Å². The Morgan fingerprint density at radius 1 is 1.00 bits per heavy atom. The van der Waals surface area contributed by atoms with Gasteiger partial charge in [0.15, 0.2) is 23.3 Å². The van der Waals surface area contributed by atoms with Gasteiger partial charge in [-0.15, -0.1) is 0 Å². The zero-order valence-electron chi connectivity index (χ0n) is 11.2. The zero-order valence-corrected chi connectivity index (χ0v) is 11.2. The highest BCUT2D eigenvalue weighted by atomic mass is 19.2. The maximum absolute atomic E-state index is 13.8. The summed E-state index contributed by atoms with van der Waals surface area (Å²) in [5, 5.41) is 3.18.